The van der Waals surface area contributed by atoms with Gasteiger partial charge in [0, 0.05) is 11.6 Å². The van der Waals surface area contributed by atoms with E-state index in [0.29, 0.717) is 0 Å². The van der Waals surface area contributed by atoms with Crippen molar-refractivity contribution < 1.29 is 26.0 Å². The highest BCUT2D eigenvalue weighted by Crippen LogP contribution is 2.25. The van der Waals surface area contributed by atoms with Gasteiger partial charge in [0.2, 0.25) is 16.0 Å². The number of aromatic nitrogens is 4. The molecule has 0 unspecified atom stereocenters. The van der Waals surface area contributed by atoms with Crippen LogP contribution in [-0.2, 0) is 10.0 Å². The highest BCUT2D eigenvalue weighted by Gasteiger charge is 2.30. The second kappa shape index (κ2) is 8.33. The quantitative estimate of drug-likeness (QED) is 0.525. The van der Waals surface area contributed by atoms with E-state index in [9.17, 15) is 30.8 Å². The summed E-state index contributed by atoms with van der Waals surface area (Å²) in [6.07, 6.45) is -4.95. The number of alkyl halides is 3. The number of sulfonamides is 1. The molecule has 1 aromatic carbocycles. The fourth-order valence-electron chi connectivity index (χ4n) is 2.90. The van der Waals surface area contributed by atoms with E-state index in [1.54, 1.807) is 18.6 Å². The number of nitrogens with zero attached hydrogens (tertiary/aromatic N) is 4. The fraction of sp³-hybridized carbons (Fsp3) is 0.333. The number of benzene rings is 1. The Bertz CT molecular complexity index is 1340. The maximum atomic E-state index is 14.6. The predicted molar refractivity (Wildman–Crippen MR) is 110 cm³/mol. The van der Waals surface area contributed by atoms with Gasteiger partial charge >= 0.3 is 6.18 Å². The number of nitrogen functional groups attached to an aromatic ring is 1. The Kier molecular flexibility index (Phi) is 6.09. The molecule has 172 valence electrons. The van der Waals surface area contributed by atoms with Crippen LogP contribution in [0.5, 0.6) is 0 Å². The molecule has 0 aliphatic heterocycles. The van der Waals surface area contributed by atoms with Crippen LogP contribution in [0.15, 0.2) is 29.2 Å². The second-order valence-electron chi connectivity index (χ2n) is 7.15. The maximum Gasteiger partial charge on any atom is 0.390 e. The van der Waals surface area contributed by atoms with Crippen LogP contribution in [0.25, 0.3) is 22.4 Å². The maximum absolute atomic E-state index is 14.6. The zero-order chi connectivity index (χ0) is 23.8. The van der Waals surface area contributed by atoms with E-state index in [0.717, 1.165) is 12.1 Å². The summed E-state index contributed by atoms with van der Waals surface area (Å²) in [6, 6.07) is 2.73. The molecule has 9 nitrogen and oxygen atoms in total. The Morgan fingerprint density at radius 1 is 1.22 bits per heavy atom. The molecule has 14 heteroatoms. The normalized spacial score (nSPS) is 12.5. The SMILES string of the molecule is CC(C)n1c(=O)c(-c2ccc(NS(=O)(=O)CCC(F)(F)F)c(F)c2)nc2cnc(N)nc21. The number of halogens is 4. The van der Waals surface area contributed by atoms with Crippen LogP contribution in [0.2, 0.25) is 0 Å². The summed E-state index contributed by atoms with van der Waals surface area (Å²) < 4.78 is 78.2. The molecule has 0 bridgehead atoms. The molecule has 0 aliphatic rings. The van der Waals surface area contributed by atoms with Gasteiger partial charge in [-0.25, -0.2) is 22.8 Å². The monoisotopic (exact) mass is 474 g/mol. The topological polar surface area (TPSA) is 133 Å². The summed E-state index contributed by atoms with van der Waals surface area (Å²) >= 11 is 0. The summed E-state index contributed by atoms with van der Waals surface area (Å²) in [4.78, 5) is 25.1. The third-order valence-corrected chi connectivity index (χ3v) is 5.60. The number of rotatable bonds is 6. The van der Waals surface area contributed by atoms with Crippen LogP contribution in [0.4, 0.5) is 29.2 Å². The fourth-order valence-corrected chi connectivity index (χ4v) is 4.00. The molecule has 0 aliphatic carbocycles. The van der Waals surface area contributed by atoms with Gasteiger partial charge in [0.05, 0.1) is 24.1 Å². The zero-order valence-electron chi connectivity index (χ0n) is 16.8. The van der Waals surface area contributed by atoms with Crippen LogP contribution in [0.3, 0.4) is 0 Å². The lowest BCUT2D eigenvalue weighted by Gasteiger charge is -2.15. The van der Waals surface area contributed by atoms with Gasteiger partial charge in [-0.05, 0) is 26.0 Å². The average Bonchev–Trinajstić information content (AvgIpc) is 2.67. The smallest absolute Gasteiger partial charge is 0.368 e. The van der Waals surface area contributed by atoms with Crippen molar-refractivity contribution in [3.8, 4) is 11.3 Å². The number of fused-ring (bicyclic) bond motifs is 1. The van der Waals surface area contributed by atoms with Crippen LogP contribution >= 0.6 is 0 Å². The van der Waals surface area contributed by atoms with Gasteiger partial charge in [0.1, 0.15) is 17.0 Å². The summed E-state index contributed by atoms with van der Waals surface area (Å²) in [6.45, 7) is 3.45. The predicted octanol–water partition coefficient (Wildman–Crippen LogP) is 2.85. The number of nitrogens with one attached hydrogen (secondary N) is 1. The van der Waals surface area contributed by atoms with E-state index >= 15 is 0 Å². The highest BCUT2D eigenvalue weighted by atomic mass is 32.2. The Morgan fingerprint density at radius 3 is 2.50 bits per heavy atom. The minimum absolute atomic E-state index is 0.0267. The molecule has 3 N–H and O–H groups in total. The van der Waals surface area contributed by atoms with Gasteiger partial charge in [0.25, 0.3) is 5.56 Å². The molecule has 0 fully saturated rings. The minimum Gasteiger partial charge on any atom is -0.368 e. The number of anilines is 2. The van der Waals surface area contributed by atoms with E-state index in [1.165, 1.54) is 16.8 Å². The van der Waals surface area contributed by atoms with Crippen molar-refractivity contribution in [1.82, 2.24) is 19.5 Å². The van der Waals surface area contributed by atoms with E-state index in [1.807, 2.05) is 0 Å². The molecule has 32 heavy (non-hydrogen) atoms. The van der Waals surface area contributed by atoms with Gasteiger partial charge in [-0.2, -0.15) is 18.2 Å². The van der Waals surface area contributed by atoms with Crippen molar-refractivity contribution in [3.05, 3.63) is 40.6 Å². The third kappa shape index (κ3) is 5.12. The number of hydrogen-bond acceptors (Lipinski definition) is 7. The minimum atomic E-state index is -4.68. The summed E-state index contributed by atoms with van der Waals surface area (Å²) in [5.74, 6) is -2.41. The molecule has 0 spiro atoms. The van der Waals surface area contributed by atoms with E-state index < -0.39 is 45.4 Å². The lowest BCUT2D eigenvalue weighted by Crippen LogP contribution is -2.26. The van der Waals surface area contributed by atoms with Crippen LogP contribution in [0, 0.1) is 5.82 Å². The largest absolute Gasteiger partial charge is 0.390 e. The Labute approximate surface area is 179 Å². The number of hydrogen-bond donors (Lipinski definition) is 2. The second-order valence-corrected chi connectivity index (χ2v) is 8.99. The summed E-state index contributed by atoms with van der Waals surface area (Å²) in [5.41, 5.74) is 4.73. The van der Waals surface area contributed by atoms with Crippen LogP contribution < -0.4 is 16.0 Å². The first-order chi connectivity index (χ1) is 14.8. The first-order valence-electron chi connectivity index (χ1n) is 9.19. The standard InChI is InChI=1S/C18H18F4N6O3S/c1-9(2)28-15-13(8-24-17(23)26-15)25-14(16(28)29)10-3-4-12(11(19)7-10)27-32(30,31)6-5-18(20,21)22/h3-4,7-9,27H,5-6H2,1-2H3,(H2,23,24,26). The van der Waals surface area contributed by atoms with Gasteiger partial charge in [-0.1, -0.05) is 6.07 Å². The van der Waals surface area contributed by atoms with Crippen molar-refractivity contribution in [1.29, 1.82) is 0 Å². The molecule has 2 heterocycles. The molecule has 3 rings (SSSR count). The summed E-state index contributed by atoms with van der Waals surface area (Å²) in [5, 5.41) is 0. The van der Waals surface area contributed by atoms with Crippen molar-refractivity contribution in [2.45, 2.75) is 32.5 Å². The molecule has 0 atom stereocenters. The third-order valence-electron chi connectivity index (χ3n) is 4.33. The van der Waals surface area contributed by atoms with Gasteiger partial charge in [0.15, 0.2) is 5.65 Å². The van der Waals surface area contributed by atoms with Gasteiger partial charge < -0.3 is 5.73 Å². The van der Waals surface area contributed by atoms with Gasteiger partial charge in [-0.15, -0.1) is 0 Å². The Balaban J connectivity index is 2.02. The number of nitrogens with two attached hydrogens (primary N) is 1. The lowest BCUT2D eigenvalue weighted by molar-refractivity contribution is -0.129. The molecule has 3 aromatic rings. The van der Waals surface area contributed by atoms with Crippen molar-refractivity contribution in [2.24, 2.45) is 0 Å². The first kappa shape index (κ1) is 23.4. The Hall–Kier alpha value is -3.29. The van der Waals surface area contributed by atoms with Crippen molar-refractivity contribution >= 4 is 32.8 Å². The molecule has 2 aromatic heterocycles. The molecule has 0 amide bonds. The van der Waals surface area contributed by atoms with Crippen molar-refractivity contribution in [3.63, 3.8) is 0 Å². The first-order valence-corrected chi connectivity index (χ1v) is 10.8. The summed E-state index contributed by atoms with van der Waals surface area (Å²) in [7, 11) is -4.45. The zero-order valence-corrected chi connectivity index (χ0v) is 17.6. The van der Waals surface area contributed by atoms with E-state index in [-0.39, 0.29) is 34.4 Å². The Morgan fingerprint density at radius 2 is 1.91 bits per heavy atom. The van der Waals surface area contributed by atoms with E-state index in [4.69, 9.17) is 5.73 Å². The molecular formula is C18H18F4N6O3S. The van der Waals surface area contributed by atoms with Crippen LogP contribution in [0.1, 0.15) is 26.3 Å². The van der Waals surface area contributed by atoms with Crippen molar-refractivity contribution in [2.75, 3.05) is 16.2 Å². The molecular weight excluding hydrogens is 456 g/mol. The molecule has 0 saturated heterocycles. The van der Waals surface area contributed by atoms with Gasteiger partial charge in [-0.3, -0.25) is 14.1 Å². The van der Waals surface area contributed by atoms with Crippen LogP contribution in [-0.4, -0.2) is 39.9 Å². The highest BCUT2D eigenvalue weighted by molar-refractivity contribution is 7.92. The lowest BCUT2D eigenvalue weighted by atomic mass is 10.1. The van der Waals surface area contributed by atoms with E-state index in [2.05, 4.69) is 15.0 Å². The average molecular weight is 474 g/mol. The molecule has 0 radical (unpaired) electrons. The molecule has 0 saturated carbocycles.